The van der Waals surface area contributed by atoms with E-state index < -0.39 is 0 Å². The Kier molecular flexibility index (Phi) is 8.53. The summed E-state index contributed by atoms with van der Waals surface area (Å²) in [4.78, 5) is 0. The first-order valence-electron chi connectivity index (χ1n) is 21.3. The first-order valence-corrected chi connectivity index (χ1v) is 21.3. The molecule has 0 unspecified atom stereocenters. The minimum absolute atomic E-state index is 1.16. The predicted molar refractivity (Wildman–Crippen MR) is 262 cm³/mol. The highest BCUT2D eigenvalue weighted by atomic mass is 15.0. The number of fused-ring (bicyclic) bond motifs is 6. The summed E-state index contributed by atoms with van der Waals surface area (Å²) in [6, 6.07) is 88.4. The van der Waals surface area contributed by atoms with Gasteiger partial charge in [-0.1, -0.05) is 164 Å². The molecule has 0 atom stereocenters. The highest BCUT2D eigenvalue weighted by Crippen LogP contribution is 2.38. The molecule has 62 heavy (non-hydrogen) atoms. The summed E-state index contributed by atoms with van der Waals surface area (Å²) in [5, 5.41) is 5.09. The Balaban J connectivity index is 0.897. The van der Waals surface area contributed by atoms with Gasteiger partial charge in [0, 0.05) is 32.9 Å². The number of nitrogens with zero attached hydrogens (tertiary/aromatic N) is 2. The molecule has 12 aromatic rings. The molecule has 0 spiro atoms. The number of aromatic nitrogens is 2. The van der Waals surface area contributed by atoms with E-state index in [1.54, 1.807) is 0 Å². The number of hydrogen-bond donors (Lipinski definition) is 0. The van der Waals surface area contributed by atoms with E-state index in [4.69, 9.17) is 0 Å². The van der Waals surface area contributed by atoms with Crippen LogP contribution in [0.4, 0.5) is 0 Å². The highest BCUT2D eigenvalue weighted by Gasteiger charge is 2.15. The van der Waals surface area contributed by atoms with Gasteiger partial charge in [-0.05, 0) is 134 Å². The molecule has 10 aromatic carbocycles. The van der Waals surface area contributed by atoms with Crippen LogP contribution in [0.2, 0.25) is 0 Å². The summed E-state index contributed by atoms with van der Waals surface area (Å²) in [5.41, 5.74) is 19.1. The van der Waals surface area contributed by atoms with Gasteiger partial charge in [0.05, 0.1) is 22.1 Å². The van der Waals surface area contributed by atoms with Crippen LogP contribution in [0.5, 0.6) is 0 Å². The van der Waals surface area contributed by atoms with Crippen molar-refractivity contribution in [2.24, 2.45) is 0 Å². The fourth-order valence-electron chi connectivity index (χ4n) is 9.52. The van der Waals surface area contributed by atoms with Crippen LogP contribution in [0.1, 0.15) is 0 Å². The Morgan fingerprint density at radius 1 is 0.177 bits per heavy atom. The molecule has 0 fully saturated rings. The maximum absolute atomic E-state index is 2.37. The van der Waals surface area contributed by atoms with Crippen LogP contribution in [0.3, 0.4) is 0 Å². The maximum Gasteiger partial charge on any atom is 0.0541 e. The third kappa shape index (κ3) is 6.12. The summed E-state index contributed by atoms with van der Waals surface area (Å²) in [6.07, 6.45) is 0. The second kappa shape index (κ2) is 14.8. The number of hydrogen-bond acceptors (Lipinski definition) is 0. The number of rotatable bonds is 7. The van der Waals surface area contributed by atoms with E-state index in [2.05, 4.69) is 252 Å². The fraction of sp³-hybridized carbons (Fsp3) is 0. The molecule has 0 amide bonds. The summed E-state index contributed by atoms with van der Waals surface area (Å²) in [7, 11) is 0. The molecule has 0 saturated heterocycles. The van der Waals surface area contributed by atoms with E-state index in [0.717, 1.165) is 11.4 Å². The molecule has 0 bridgehead atoms. The lowest BCUT2D eigenvalue weighted by molar-refractivity contribution is 1.18. The summed E-state index contributed by atoms with van der Waals surface area (Å²) < 4.78 is 4.75. The van der Waals surface area contributed by atoms with Crippen molar-refractivity contribution in [3.63, 3.8) is 0 Å². The summed E-state index contributed by atoms with van der Waals surface area (Å²) in [5.74, 6) is 0. The van der Waals surface area contributed by atoms with Crippen LogP contribution in [0, 0.1) is 0 Å². The number of benzene rings is 10. The Morgan fingerprint density at radius 3 is 0.806 bits per heavy atom. The normalized spacial score (nSPS) is 11.5. The quantitative estimate of drug-likeness (QED) is 0.152. The van der Waals surface area contributed by atoms with Gasteiger partial charge in [-0.2, -0.15) is 0 Å². The van der Waals surface area contributed by atoms with Crippen LogP contribution in [0.15, 0.2) is 243 Å². The van der Waals surface area contributed by atoms with Crippen molar-refractivity contribution < 1.29 is 0 Å². The minimum atomic E-state index is 1.16. The number of para-hydroxylation sites is 4. The highest BCUT2D eigenvalue weighted by molar-refractivity contribution is 6.10. The van der Waals surface area contributed by atoms with Crippen LogP contribution < -0.4 is 0 Å². The van der Waals surface area contributed by atoms with Crippen molar-refractivity contribution >= 4 is 43.6 Å². The SMILES string of the molecule is c1ccc(-c2cc(-c3cccc(-c4ccc(-n5c6ccccc6c6ccccc65)cc4)c3)cc(-c3cccc(-c4ccc(-n5c6ccccc6c6ccccc65)cc4)c3)c2)cc1. The molecule has 2 nitrogen and oxygen atoms in total. The van der Waals surface area contributed by atoms with Crippen molar-refractivity contribution in [3.05, 3.63) is 243 Å². The third-order valence-corrected chi connectivity index (χ3v) is 12.5. The maximum atomic E-state index is 2.37. The fourth-order valence-corrected chi connectivity index (χ4v) is 9.52. The van der Waals surface area contributed by atoms with Crippen molar-refractivity contribution in [1.29, 1.82) is 0 Å². The lowest BCUT2D eigenvalue weighted by Crippen LogP contribution is -1.93. The Morgan fingerprint density at radius 2 is 0.435 bits per heavy atom. The molecule has 0 aliphatic rings. The Hall–Kier alpha value is -8.20. The first-order chi connectivity index (χ1) is 30.7. The van der Waals surface area contributed by atoms with E-state index in [0.29, 0.717) is 0 Å². The van der Waals surface area contributed by atoms with Crippen molar-refractivity contribution in [3.8, 4) is 67.0 Å². The van der Waals surface area contributed by atoms with E-state index in [-0.39, 0.29) is 0 Å². The molecule has 290 valence electrons. The molecule has 0 aliphatic carbocycles. The average molecular weight is 789 g/mol. The zero-order chi connectivity index (χ0) is 41.0. The molecule has 0 N–H and O–H groups in total. The minimum Gasteiger partial charge on any atom is -0.309 e. The molecule has 12 rings (SSSR count). The van der Waals surface area contributed by atoms with Gasteiger partial charge in [-0.15, -0.1) is 0 Å². The van der Waals surface area contributed by atoms with E-state index in [1.807, 2.05) is 0 Å². The smallest absolute Gasteiger partial charge is 0.0541 e. The molecule has 0 saturated carbocycles. The Labute approximate surface area is 360 Å². The van der Waals surface area contributed by atoms with Gasteiger partial charge in [0.2, 0.25) is 0 Å². The van der Waals surface area contributed by atoms with Gasteiger partial charge in [0.1, 0.15) is 0 Å². The van der Waals surface area contributed by atoms with Gasteiger partial charge in [0.25, 0.3) is 0 Å². The zero-order valence-electron chi connectivity index (χ0n) is 34.0. The molecule has 2 heterocycles. The van der Waals surface area contributed by atoms with Crippen molar-refractivity contribution in [2.45, 2.75) is 0 Å². The lowest BCUT2D eigenvalue weighted by atomic mass is 9.91. The van der Waals surface area contributed by atoms with Crippen molar-refractivity contribution in [2.75, 3.05) is 0 Å². The Bertz CT molecular complexity index is 3280. The largest absolute Gasteiger partial charge is 0.309 e. The standard InChI is InChI=1S/C60H40N2/c1-2-14-41(15-3-1)48-38-49(46-18-12-16-44(36-46)42-28-32-51(33-29-42)61-57-24-8-4-20-53(57)54-21-5-9-25-58(54)61)40-50(39-48)47-19-13-17-45(37-47)43-30-34-52(35-31-43)62-59-26-10-6-22-55(59)56-23-7-11-27-60(56)62/h1-40H. The van der Waals surface area contributed by atoms with E-state index in [1.165, 1.54) is 99.2 Å². The van der Waals surface area contributed by atoms with Crippen LogP contribution in [-0.2, 0) is 0 Å². The second-order valence-corrected chi connectivity index (χ2v) is 16.2. The van der Waals surface area contributed by atoms with Gasteiger partial charge in [0.15, 0.2) is 0 Å². The van der Waals surface area contributed by atoms with Gasteiger partial charge in [-0.25, -0.2) is 0 Å². The summed E-state index contributed by atoms with van der Waals surface area (Å²) >= 11 is 0. The molecule has 2 aromatic heterocycles. The monoisotopic (exact) mass is 788 g/mol. The van der Waals surface area contributed by atoms with Gasteiger partial charge in [-0.3, -0.25) is 0 Å². The van der Waals surface area contributed by atoms with E-state index >= 15 is 0 Å². The van der Waals surface area contributed by atoms with Gasteiger partial charge < -0.3 is 9.13 Å². The molecule has 2 heteroatoms. The van der Waals surface area contributed by atoms with E-state index in [9.17, 15) is 0 Å². The second-order valence-electron chi connectivity index (χ2n) is 16.2. The van der Waals surface area contributed by atoms with Crippen LogP contribution in [0.25, 0.3) is 111 Å². The zero-order valence-corrected chi connectivity index (χ0v) is 34.0. The van der Waals surface area contributed by atoms with Crippen LogP contribution in [-0.4, -0.2) is 9.13 Å². The van der Waals surface area contributed by atoms with Gasteiger partial charge >= 0.3 is 0 Å². The predicted octanol–water partition coefficient (Wildman–Crippen LogP) is 16.2. The van der Waals surface area contributed by atoms with Crippen LogP contribution >= 0.6 is 0 Å². The average Bonchev–Trinajstić information content (AvgIpc) is 3.87. The molecule has 0 radical (unpaired) electrons. The summed E-state index contributed by atoms with van der Waals surface area (Å²) in [6.45, 7) is 0. The molecular formula is C60H40N2. The topological polar surface area (TPSA) is 9.86 Å². The lowest BCUT2D eigenvalue weighted by Gasteiger charge is -2.14. The third-order valence-electron chi connectivity index (χ3n) is 12.5. The van der Waals surface area contributed by atoms with Crippen molar-refractivity contribution in [1.82, 2.24) is 9.13 Å². The molecular weight excluding hydrogens is 749 g/mol. The first kappa shape index (κ1) is 35.7. The molecule has 0 aliphatic heterocycles.